The van der Waals surface area contributed by atoms with E-state index in [1.54, 1.807) is 0 Å². The fourth-order valence-electron chi connectivity index (χ4n) is 4.02. The normalized spacial score (nSPS) is 11.2. The molecule has 0 aromatic heterocycles. The van der Waals surface area contributed by atoms with Crippen molar-refractivity contribution in [1.29, 1.82) is 0 Å². The van der Waals surface area contributed by atoms with Crippen molar-refractivity contribution in [3.8, 4) is 0 Å². The van der Waals surface area contributed by atoms with Crippen molar-refractivity contribution in [2.75, 3.05) is 18.5 Å². The summed E-state index contributed by atoms with van der Waals surface area (Å²) in [7, 11) is 0. The number of alkyl halides is 1. The van der Waals surface area contributed by atoms with Crippen LogP contribution in [0, 0.1) is 5.92 Å². The van der Waals surface area contributed by atoms with Gasteiger partial charge in [-0.05, 0) is 31.6 Å². The quantitative estimate of drug-likeness (QED) is 0.0744. The number of carbonyl (C=O) groups is 1. The average molecular weight is 506 g/mol. The zero-order valence-electron chi connectivity index (χ0n) is 20.9. The first-order valence-corrected chi connectivity index (χ1v) is 14.7. The molecule has 0 amide bonds. The molecule has 0 radical (unpaired) electrons. The molecule has 0 fully saturated rings. The summed E-state index contributed by atoms with van der Waals surface area (Å²) in [6.07, 6.45) is 25.0. The van der Waals surface area contributed by atoms with E-state index < -0.39 is 6.16 Å². The molecule has 31 heavy (non-hydrogen) atoms. The van der Waals surface area contributed by atoms with Gasteiger partial charge < -0.3 is 9.47 Å². The first-order chi connectivity index (χ1) is 15.2. The number of unbranched alkanes of at least 4 members (excludes halogenated alkanes) is 15. The summed E-state index contributed by atoms with van der Waals surface area (Å²) in [6, 6.07) is 0. The smallest absolute Gasteiger partial charge is 0.434 e. The minimum atomic E-state index is -0.468. The van der Waals surface area contributed by atoms with Crippen LogP contribution in [0.25, 0.3) is 0 Å². The Balaban J connectivity index is 3.99. The average Bonchev–Trinajstić information content (AvgIpc) is 2.77. The Hall–Kier alpha value is -0.250. The third-order valence-electron chi connectivity index (χ3n) is 6.12. The molecule has 0 heterocycles. The van der Waals surface area contributed by atoms with Gasteiger partial charge in [0.25, 0.3) is 0 Å². The predicted octanol–water partition coefficient (Wildman–Crippen LogP) is 9.99. The van der Waals surface area contributed by atoms with Crippen LogP contribution < -0.4 is 0 Å². The van der Waals surface area contributed by atoms with Gasteiger partial charge in [0.1, 0.15) is 0 Å². The summed E-state index contributed by atoms with van der Waals surface area (Å²) in [5, 5.41) is 1.05. The zero-order valence-corrected chi connectivity index (χ0v) is 22.5. The molecule has 0 spiro atoms. The lowest BCUT2D eigenvalue weighted by atomic mass is 9.94. The Morgan fingerprint density at radius 3 is 1.58 bits per heavy atom. The van der Waals surface area contributed by atoms with Crippen LogP contribution in [0.4, 0.5) is 4.79 Å². The Bertz CT molecular complexity index is 344. The topological polar surface area (TPSA) is 35.5 Å². The first-order valence-electron chi connectivity index (χ1n) is 13.6. The molecule has 0 unspecified atom stereocenters. The molecule has 0 aromatic rings. The number of halogens is 1. The molecule has 186 valence electrons. The minimum absolute atomic E-state index is 0.468. The highest BCUT2D eigenvalue weighted by Gasteiger charge is 2.13. The van der Waals surface area contributed by atoms with Crippen LogP contribution in [0.2, 0.25) is 0 Å². The van der Waals surface area contributed by atoms with Crippen molar-refractivity contribution in [3.05, 3.63) is 0 Å². The third-order valence-corrected chi connectivity index (χ3v) is 6.68. The lowest BCUT2D eigenvalue weighted by molar-refractivity contribution is 0.0406. The lowest BCUT2D eigenvalue weighted by Crippen LogP contribution is -2.16. The monoisotopic (exact) mass is 504 g/mol. The molecule has 0 aliphatic rings. The van der Waals surface area contributed by atoms with Gasteiger partial charge in [0, 0.05) is 5.33 Å². The second kappa shape index (κ2) is 26.0. The van der Waals surface area contributed by atoms with Gasteiger partial charge >= 0.3 is 6.16 Å². The van der Waals surface area contributed by atoms with Gasteiger partial charge in [-0.2, -0.15) is 0 Å². The molecule has 0 aliphatic carbocycles. The van der Waals surface area contributed by atoms with Gasteiger partial charge in [-0.15, -0.1) is 0 Å². The van der Waals surface area contributed by atoms with Crippen LogP contribution in [0.3, 0.4) is 0 Å². The van der Waals surface area contributed by atoms with Gasteiger partial charge in [0.15, 0.2) is 0 Å². The van der Waals surface area contributed by atoms with E-state index in [4.69, 9.17) is 9.47 Å². The number of hydrogen-bond acceptors (Lipinski definition) is 3. The number of hydrogen-bond donors (Lipinski definition) is 0. The van der Waals surface area contributed by atoms with Gasteiger partial charge in [-0.3, -0.25) is 0 Å². The molecule has 0 N–H and O–H groups in total. The standard InChI is InChI=1S/C27H53BrO3/c1-3-5-7-9-11-13-17-21-26(22-18-14-12-10-8-6-4-2)25-31-27(29)30-24-20-16-15-19-23-28/h26H,3-25H2,1-2H3. The van der Waals surface area contributed by atoms with E-state index in [0.717, 1.165) is 18.2 Å². The van der Waals surface area contributed by atoms with Crippen molar-refractivity contribution >= 4 is 22.1 Å². The maximum atomic E-state index is 11.9. The minimum Gasteiger partial charge on any atom is -0.434 e. The molecule has 0 saturated heterocycles. The highest BCUT2D eigenvalue weighted by atomic mass is 79.9. The SMILES string of the molecule is CCCCCCCCCC(CCCCCCCCC)COC(=O)OCCCCCCBr. The molecule has 0 atom stereocenters. The second-order valence-electron chi connectivity index (χ2n) is 9.20. The summed E-state index contributed by atoms with van der Waals surface area (Å²) in [5.74, 6) is 0.498. The predicted molar refractivity (Wildman–Crippen MR) is 138 cm³/mol. The molecule has 0 rings (SSSR count). The van der Waals surface area contributed by atoms with Crippen molar-refractivity contribution in [2.45, 2.75) is 142 Å². The van der Waals surface area contributed by atoms with Crippen molar-refractivity contribution < 1.29 is 14.3 Å². The largest absolute Gasteiger partial charge is 0.508 e. The highest BCUT2D eigenvalue weighted by Crippen LogP contribution is 2.20. The molecule has 0 saturated carbocycles. The maximum absolute atomic E-state index is 11.9. The van der Waals surface area contributed by atoms with E-state index in [2.05, 4.69) is 29.8 Å². The van der Waals surface area contributed by atoms with E-state index in [-0.39, 0.29) is 0 Å². The summed E-state index contributed by atoms with van der Waals surface area (Å²) in [5.41, 5.74) is 0. The Morgan fingerprint density at radius 2 is 1.06 bits per heavy atom. The lowest BCUT2D eigenvalue weighted by Gasteiger charge is -2.17. The second-order valence-corrected chi connectivity index (χ2v) is 9.99. The summed E-state index contributed by atoms with van der Waals surface area (Å²) < 4.78 is 10.7. The molecule has 4 heteroatoms. The molecular weight excluding hydrogens is 452 g/mol. The highest BCUT2D eigenvalue weighted by molar-refractivity contribution is 9.09. The Morgan fingerprint density at radius 1 is 0.613 bits per heavy atom. The summed E-state index contributed by atoms with van der Waals surface area (Å²) in [4.78, 5) is 11.9. The number of rotatable bonds is 24. The third kappa shape index (κ3) is 24.2. The van der Waals surface area contributed by atoms with Crippen LogP contribution in [0.15, 0.2) is 0 Å². The zero-order chi connectivity index (χ0) is 22.8. The maximum Gasteiger partial charge on any atom is 0.508 e. The fourth-order valence-corrected chi connectivity index (χ4v) is 4.42. The summed E-state index contributed by atoms with van der Waals surface area (Å²) >= 11 is 3.44. The van der Waals surface area contributed by atoms with E-state index in [9.17, 15) is 4.79 Å². The van der Waals surface area contributed by atoms with Gasteiger partial charge in [-0.25, -0.2) is 4.79 Å². The van der Waals surface area contributed by atoms with Crippen LogP contribution in [-0.2, 0) is 9.47 Å². The molecule has 0 bridgehead atoms. The number of ether oxygens (including phenoxy) is 2. The van der Waals surface area contributed by atoms with E-state index in [1.165, 1.54) is 116 Å². The fraction of sp³-hybridized carbons (Fsp3) is 0.963. The van der Waals surface area contributed by atoms with Crippen molar-refractivity contribution in [3.63, 3.8) is 0 Å². The molecular formula is C27H53BrO3. The summed E-state index contributed by atoms with van der Waals surface area (Å²) in [6.45, 7) is 5.56. The Kier molecular flexibility index (Phi) is 25.8. The van der Waals surface area contributed by atoms with Gasteiger partial charge in [0.2, 0.25) is 0 Å². The first kappa shape index (κ1) is 30.8. The van der Waals surface area contributed by atoms with Crippen LogP contribution in [0.1, 0.15) is 142 Å². The molecule has 3 nitrogen and oxygen atoms in total. The van der Waals surface area contributed by atoms with E-state index in [0.29, 0.717) is 19.1 Å². The van der Waals surface area contributed by atoms with Gasteiger partial charge in [0.05, 0.1) is 13.2 Å². The van der Waals surface area contributed by atoms with E-state index in [1.807, 2.05) is 0 Å². The van der Waals surface area contributed by atoms with Crippen LogP contribution >= 0.6 is 15.9 Å². The molecule has 0 aromatic carbocycles. The molecule has 0 aliphatic heterocycles. The van der Waals surface area contributed by atoms with Crippen molar-refractivity contribution in [1.82, 2.24) is 0 Å². The van der Waals surface area contributed by atoms with Crippen LogP contribution in [0.5, 0.6) is 0 Å². The number of carbonyl (C=O) groups excluding carboxylic acids is 1. The van der Waals surface area contributed by atoms with Crippen LogP contribution in [-0.4, -0.2) is 24.7 Å². The van der Waals surface area contributed by atoms with Gasteiger partial charge in [-0.1, -0.05) is 133 Å². The Labute approximate surface area is 202 Å². The van der Waals surface area contributed by atoms with Crippen molar-refractivity contribution in [2.24, 2.45) is 5.92 Å². The van der Waals surface area contributed by atoms with E-state index >= 15 is 0 Å².